The van der Waals surface area contributed by atoms with E-state index in [2.05, 4.69) is 77.7 Å². The Hall–Kier alpha value is -5.06. The zero-order valence-electron chi connectivity index (χ0n) is 44.8. The molecule has 4 aromatic heterocycles. The zero-order valence-corrected chi connectivity index (χ0v) is 47.6. The lowest BCUT2D eigenvalue weighted by Gasteiger charge is -2.39. The highest BCUT2D eigenvalue weighted by Gasteiger charge is 2.43. The van der Waals surface area contributed by atoms with Crippen molar-refractivity contribution in [2.45, 2.75) is 144 Å². The molecule has 73 heavy (non-hydrogen) atoms. The molecular formula is C50H70B3ClN8O9Si2. The smallest absolute Gasteiger partial charge is 0.426 e. The van der Waals surface area contributed by atoms with E-state index in [1.807, 2.05) is 93.0 Å². The van der Waals surface area contributed by atoms with Crippen molar-refractivity contribution in [3.8, 4) is 0 Å². The number of amides is 2. The predicted molar refractivity (Wildman–Crippen MR) is 293 cm³/mol. The molecule has 3 aliphatic rings. The first kappa shape index (κ1) is 55.7. The van der Waals surface area contributed by atoms with Crippen LogP contribution >= 0.6 is 11.6 Å². The van der Waals surface area contributed by atoms with Crippen LogP contribution < -0.4 is 11.4 Å². The number of halogens is 1. The largest absolute Gasteiger partial charge is 0.453 e. The predicted octanol–water partition coefficient (Wildman–Crippen LogP) is 8.45. The molecule has 0 radical (unpaired) electrons. The van der Waals surface area contributed by atoms with Crippen molar-refractivity contribution in [3.63, 3.8) is 0 Å². The van der Waals surface area contributed by atoms with Gasteiger partial charge in [-0.2, -0.15) is 0 Å². The van der Waals surface area contributed by atoms with Gasteiger partial charge < -0.3 is 32.4 Å². The molecular weight excluding hydrogens is 981 g/mol. The minimum absolute atomic E-state index is 0.00426. The van der Waals surface area contributed by atoms with E-state index in [-0.39, 0.29) is 72.0 Å². The van der Waals surface area contributed by atoms with Crippen LogP contribution in [0.5, 0.6) is 0 Å². The average molecular weight is 1050 g/mol. The van der Waals surface area contributed by atoms with Gasteiger partial charge in [0, 0.05) is 32.4 Å². The molecule has 6 aromatic rings. The topological polar surface area (TPSA) is 165 Å². The molecule has 388 valence electrons. The number of rotatable bonds is 8. The third-order valence-corrected chi connectivity index (χ3v) is 23.7. The molecule has 2 atom stereocenters. The van der Waals surface area contributed by atoms with Gasteiger partial charge in [-0.05, 0) is 74.8 Å². The molecule has 0 N–H and O–H groups in total. The number of aryl methyl sites for hydroxylation is 1. The first-order chi connectivity index (χ1) is 34.1. The number of benzene rings is 2. The normalized spacial score (nSPS) is 17.9. The van der Waals surface area contributed by atoms with Crippen LogP contribution in [-0.4, -0.2) is 113 Å². The summed E-state index contributed by atoms with van der Waals surface area (Å²) >= 11 is 6.03. The Morgan fingerprint density at radius 2 is 0.973 bits per heavy atom. The van der Waals surface area contributed by atoms with Crippen LogP contribution in [0.2, 0.25) is 61.9 Å². The number of carbonyl (C=O) groups is 2. The van der Waals surface area contributed by atoms with Crippen molar-refractivity contribution in [1.29, 1.82) is 0 Å². The number of hydrogen-bond acceptors (Lipinski definition) is 11. The maximum atomic E-state index is 13.7. The van der Waals surface area contributed by atoms with Crippen molar-refractivity contribution in [2.24, 2.45) is 0 Å². The summed E-state index contributed by atoms with van der Waals surface area (Å²) in [4.78, 5) is 66.0. The molecule has 2 amide bonds. The van der Waals surface area contributed by atoms with Crippen molar-refractivity contribution in [2.75, 3.05) is 13.1 Å². The summed E-state index contributed by atoms with van der Waals surface area (Å²) in [6, 6.07) is 19.8. The minimum Gasteiger partial charge on any atom is -0.453 e. The SMILES string of the molecule is CB1OB(C)OB(C)O1.CC(C)(C)[Si](C)(C)OC1CN(Cc2ccccc2)C(=O)c2c3cnc(Cl)cn3c(=O)n2C1.Cc1cn2c(=O)n3c(c2cn1)C(=O)N(Cc1ccccc1)CC(O[Si](C)(C)C(C)(C)C)C3. The Kier molecular flexibility index (Phi) is 16.8. The lowest BCUT2D eigenvalue weighted by molar-refractivity contribution is 0.0643. The summed E-state index contributed by atoms with van der Waals surface area (Å²) in [5.41, 5.74) is 3.97. The van der Waals surface area contributed by atoms with Crippen LogP contribution in [0.15, 0.2) is 95.0 Å². The highest BCUT2D eigenvalue weighted by molar-refractivity contribution is 6.74. The Labute approximate surface area is 436 Å². The number of nitrogens with zero attached hydrogens (tertiary/aromatic N) is 8. The molecule has 0 saturated carbocycles. The van der Waals surface area contributed by atoms with Crippen LogP contribution in [0.1, 0.15) is 79.3 Å². The van der Waals surface area contributed by atoms with Crippen molar-refractivity contribution >= 4 is 72.4 Å². The second-order valence-corrected chi connectivity index (χ2v) is 32.1. The first-order valence-corrected chi connectivity index (χ1v) is 31.2. The van der Waals surface area contributed by atoms with E-state index in [0.29, 0.717) is 61.7 Å². The summed E-state index contributed by atoms with van der Waals surface area (Å²) in [6.45, 7) is 31.7. The Balaban J connectivity index is 0.000000182. The van der Waals surface area contributed by atoms with E-state index < -0.39 is 16.6 Å². The molecule has 1 fully saturated rings. The molecule has 3 aliphatic heterocycles. The number of hydrogen-bond donors (Lipinski definition) is 0. The Morgan fingerprint density at radius 3 is 1.36 bits per heavy atom. The molecule has 9 rings (SSSR count). The first-order valence-electron chi connectivity index (χ1n) is 25.0. The van der Waals surface area contributed by atoms with Gasteiger partial charge in [0.15, 0.2) is 16.6 Å². The van der Waals surface area contributed by atoms with E-state index in [4.69, 9.17) is 34.2 Å². The number of carbonyl (C=O) groups excluding carboxylic acids is 2. The summed E-state index contributed by atoms with van der Waals surface area (Å²) < 4.78 is 34.8. The molecule has 7 heterocycles. The van der Waals surface area contributed by atoms with Gasteiger partial charge in [-0.15, -0.1) is 0 Å². The van der Waals surface area contributed by atoms with Gasteiger partial charge >= 0.3 is 32.7 Å². The molecule has 0 bridgehead atoms. The van der Waals surface area contributed by atoms with Gasteiger partial charge in [-0.25, -0.2) is 14.6 Å². The van der Waals surface area contributed by atoms with Gasteiger partial charge in [0.1, 0.15) is 16.5 Å². The lowest BCUT2D eigenvalue weighted by Crippen LogP contribution is -2.48. The summed E-state index contributed by atoms with van der Waals surface area (Å²) in [6.07, 6.45) is 5.69. The van der Waals surface area contributed by atoms with E-state index >= 15 is 0 Å². The van der Waals surface area contributed by atoms with Gasteiger partial charge in [-0.1, -0.05) is 114 Å². The second-order valence-electron chi connectivity index (χ2n) is 22.2. The molecule has 0 spiro atoms. The van der Waals surface area contributed by atoms with Crippen molar-refractivity contribution in [3.05, 3.63) is 140 Å². The third-order valence-electron chi connectivity index (χ3n) is 14.4. The van der Waals surface area contributed by atoms with Crippen LogP contribution in [0.25, 0.3) is 11.0 Å². The van der Waals surface area contributed by atoms with Gasteiger partial charge in [0.05, 0.1) is 60.6 Å². The summed E-state index contributed by atoms with van der Waals surface area (Å²) in [7, 11) is -4.66. The average Bonchev–Trinajstić information content (AvgIpc) is 3.60. The minimum atomic E-state index is -2.14. The Morgan fingerprint density at radius 1 is 0.603 bits per heavy atom. The fraction of sp³-hybridized carbons (Fsp3) is 0.480. The van der Waals surface area contributed by atoms with Crippen molar-refractivity contribution in [1.82, 2.24) is 37.7 Å². The number of imidazole rings is 2. The highest BCUT2D eigenvalue weighted by atomic mass is 35.5. The Bertz CT molecular complexity index is 2840. The standard InChI is InChI=1S/C24H32N4O3Si.C23H29ClN4O3Si.C3H9B3O3/c1-17-13-27-20(12-25-17)21-22(29)26(14-18-10-8-7-9-11-18)15-19(16-28(21)23(27)30)31-32(5,6)24(2,3)4;1-23(2,3)32(4,5)31-17-13-26(12-16-9-7-6-8-10-16)21(29)20-18-11-25-19(24)15-27(18)22(30)28(20)14-17;1-4-7-5(2)9-6(3)8-4/h7-13,19H,14-16H2,1-6H3;6-11,15,17H,12-14H2,1-5H3;1-3H3. The second kappa shape index (κ2) is 22.0. The lowest BCUT2D eigenvalue weighted by atomic mass is 9.74. The van der Waals surface area contributed by atoms with Crippen LogP contribution in [0, 0.1) is 6.92 Å². The van der Waals surface area contributed by atoms with E-state index in [9.17, 15) is 19.2 Å². The molecule has 17 nitrogen and oxygen atoms in total. The van der Waals surface area contributed by atoms with Gasteiger partial charge in [0.2, 0.25) is 0 Å². The monoisotopic (exact) mass is 1050 g/mol. The van der Waals surface area contributed by atoms with Crippen molar-refractivity contribution < 1.29 is 32.2 Å². The van der Waals surface area contributed by atoms with Gasteiger partial charge in [0.25, 0.3) is 11.8 Å². The molecule has 2 unspecified atom stereocenters. The number of aromatic nitrogens is 6. The third kappa shape index (κ3) is 12.7. The maximum Gasteiger partial charge on any atom is 0.426 e. The molecule has 2 aromatic carbocycles. The maximum absolute atomic E-state index is 13.7. The number of fused-ring (bicyclic) bond motifs is 6. The fourth-order valence-electron chi connectivity index (χ4n) is 8.69. The summed E-state index contributed by atoms with van der Waals surface area (Å²) in [5, 5.41) is 0.223. The van der Waals surface area contributed by atoms with E-state index in [1.165, 1.54) is 25.8 Å². The molecule has 23 heteroatoms. The quantitative estimate of drug-likeness (QED) is 0.134. The van der Waals surface area contributed by atoms with Crippen LogP contribution in [0.3, 0.4) is 0 Å². The van der Waals surface area contributed by atoms with Crippen LogP contribution in [-0.2, 0) is 48.7 Å². The van der Waals surface area contributed by atoms with E-state index in [1.54, 1.807) is 21.9 Å². The van der Waals surface area contributed by atoms with Crippen LogP contribution in [0.4, 0.5) is 0 Å². The fourth-order valence-corrected chi connectivity index (χ4v) is 11.5. The van der Waals surface area contributed by atoms with E-state index in [0.717, 1.165) is 16.8 Å². The highest BCUT2D eigenvalue weighted by Crippen LogP contribution is 2.39. The van der Waals surface area contributed by atoms with Gasteiger partial charge in [-0.3, -0.25) is 32.5 Å². The zero-order chi connectivity index (χ0) is 53.4. The molecule has 0 aliphatic carbocycles. The summed E-state index contributed by atoms with van der Waals surface area (Å²) in [5.74, 6) is -0.376. The molecule has 1 saturated heterocycles.